The van der Waals surface area contributed by atoms with Crippen molar-refractivity contribution in [3.05, 3.63) is 35.9 Å². The standard InChI is InChI=1S/C25H40N4O4/c1-25(2,3)29(24(33)18-12-8-5-9-13-18)22(28-23(32)19(26)16-21(27)31)20(30)15-14-17-10-6-4-7-11-17/h4,6-7,10-11,18-20,22,30H,5,8-9,12-16,26H2,1-3H3,(H2,27,31)(H,28,32)/t19-,20-,22+/m0/s1. The van der Waals surface area contributed by atoms with Crippen molar-refractivity contribution in [2.45, 2.75) is 96.0 Å². The van der Waals surface area contributed by atoms with E-state index in [9.17, 15) is 19.5 Å². The van der Waals surface area contributed by atoms with Gasteiger partial charge in [-0.1, -0.05) is 49.6 Å². The summed E-state index contributed by atoms with van der Waals surface area (Å²) >= 11 is 0. The van der Waals surface area contributed by atoms with Crippen LogP contribution in [0.3, 0.4) is 0 Å². The van der Waals surface area contributed by atoms with Crippen LogP contribution in [0.5, 0.6) is 0 Å². The first-order valence-corrected chi connectivity index (χ1v) is 11.9. The van der Waals surface area contributed by atoms with E-state index in [4.69, 9.17) is 11.5 Å². The quantitative estimate of drug-likeness (QED) is 0.395. The highest BCUT2D eigenvalue weighted by atomic mass is 16.3. The Kier molecular flexibility index (Phi) is 9.86. The van der Waals surface area contributed by atoms with E-state index < -0.39 is 35.7 Å². The number of aryl methyl sites for hydroxylation is 1. The van der Waals surface area contributed by atoms with Crippen LogP contribution in [0.1, 0.15) is 71.3 Å². The molecule has 1 aliphatic carbocycles. The van der Waals surface area contributed by atoms with Gasteiger partial charge in [-0.2, -0.15) is 0 Å². The number of hydrogen-bond acceptors (Lipinski definition) is 5. The number of nitrogens with zero attached hydrogens (tertiary/aromatic N) is 1. The molecule has 2 rings (SSSR count). The number of aliphatic hydroxyl groups is 1. The fourth-order valence-electron chi connectivity index (χ4n) is 4.44. The lowest BCUT2D eigenvalue weighted by atomic mass is 9.86. The lowest BCUT2D eigenvalue weighted by Gasteiger charge is -2.46. The van der Waals surface area contributed by atoms with Crippen LogP contribution in [0.2, 0.25) is 0 Å². The van der Waals surface area contributed by atoms with Gasteiger partial charge in [0.1, 0.15) is 6.17 Å². The molecule has 1 aromatic rings. The zero-order chi connectivity index (χ0) is 24.6. The highest BCUT2D eigenvalue weighted by Gasteiger charge is 2.41. The van der Waals surface area contributed by atoms with Gasteiger partial charge in [0.05, 0.1) is 18.6 Å². The minimum absolute atomic E-state index is 0.0743. The molecule has 0 heterocycles. The molecule has 1 aromatic carbocycles. The van der Waals surface area contributed by atoms with Crippen molar-refractivity contribution in [1.82, 2.24) is 10.2 Å². The summed E-state index contributed by atoms with van der Waals surface area (Å²) in [6, 6.07) is 8.57. The number of rotatable bonds is 10. The number of hydrogen-bond donors (Lipinski definition) is 4. The summed E-state index contributed by atoms with van der Waals surface area (Å²) in [5.74, 6) is -1.53. The van der Waals surface area contributed by atoms with Gasteiger partial charge in [0, 0.05) is 11.5 Å². The van der Waals surface area contributed by atoms with Crippen LogP contribution in [0.25, 0.3) is 0 Å². The number of amides is 3. The van der Waals surface area contributed by atoms with Crippen molar-refractivity contribution in [2.24, 2.45) is 17.4 Å². The van der Waals surface area contributed by atoms with Crippen molar-refractivity contribution < 1.29 is 19.5 Å². The molecule has 0 radical (unpaired) electrons. The Morgan fingerprint density at radius 3 is 2.27 bits per heavy atom. The second-order valence-corrected chi connectivity index (χ2v) is 10.0. The van der Waals surface area contributed by atoms with E-state index in [1.807, 2.05) is 51.1 Å². The maximum absolute atomic E-state index is 13.7. The molecule has 6 N–H and O–H groups in total. The second kappa shape index (κ2) is 12.1. The molecular formula is C25H40N4O4. The first-order valence-electron chi connectivity index (χ1n) is 11.9. The summed E-state index contributed by atoms with van der Waals surface area (Å²) < 4.78 is 0. The molecule has 33 heavy (non-hydrogen) atoms. The van der Waals surface area contributed by atoms with Gasteiger partial charge < -0.3 is 26.8 Å². The van der Waals surface area contributed by atoms with Crippen LogP contribution in [0.15, 0.2) is 30.3 Å². The maximum atomic E-state index is 13.7. The third-order valence-corrected chi connectivity index (χ3v) is 6.18. The van der Waals surface area contributed by atoms with Crippen LogP contribution in [-0.2, 0) is 20.8 Å². The van der Waals surface area contributed by atoms with Gasteiger partial charge in [0.25, 0.3) is 0 Å². The molecule has 8 heteroatoms. The van der Waals surface area contributed by atoms with E-state index in [0.717, 1.165) is 37.7 Å². The molecule has 184 valence electrons. The minimum atomic E-state index is -1.15. The smallest absolute Gasteiger partial charge is 0.239 e. The number of carbonyl (C=O) groups excluding carboxylic acids is 3. The highest BCUT2D eigenvalue weighted by molar-refractivity contribution is 5.88. The zero-order valence-electron chi connectivity index (χ0n) is 20.1. The van der Waals surface area contributed by atoms with Gasteiger partial charge in [-0.15, -0.1) is 0 Å². The van der Waals surface area contributed by atoms with Crippen LogP contribution >= 0.6 is 0 Å². The maximum Gasteiger partial charge on any atom is 0.239 e. The third-order valence-electron chi connectivity index (χ3n) is 6.18. The van der Waals surface area contributed by atoms with Crippen molar-refractivity contribution in [3.63, 3.8) is 0 Å². The predicted octanol–water partition coefficient (Wildman–Crippen LogP) is 1.83. The Bertz CT molecular complexity index is 787. The Morgan fingerprint density at radius 1 is 1.12 bits per heavy atom. The van der Waals surface area contributed by atoms with E-state index >= 15 is 0 Å². The lowest BCUT2D eigenvalue weighted by molar-refractivity contribution is -0.152. The molecule has 1 aliphatic rings. The molecule has 0 unspecified atom stereocenters. The first kappa shape index (κ1) is 26.8. The van der Waals surface area contributed by atoms with Crippen LogP contribution in [0.4, 0.5) is 0 Å². The topological polar surface area (TPSA) is 139 Å². The van der Waals surface area contributed by atoms with Gasteiger partial charge in [-0.05, 0) is 52.0 Å². The van der Waals surface area contributed by atoms with Crippen molar-refractivity contribution >= 4 is 17.7 Å². The van der Waals surface area contributed by atoms with Gasteiger partial charge in [0.2, 0.25) is 17.7 Å². The van der Waals surface area contributed by atoms with Crippen LogP contribution in [-0.4, -0.2) is 51.6 Å². The fourth-order valence-corrected chi connectivity index (χ4v) is 4.44. The summed E-state index contributed by atoms with van der Waals surface area (Å²) in [7, 11) is 0. The highest BCUT2D eigenvalue weighted by Crippen LogP contribution is 2.30. The SMILES string of the molecule is CC(C)(C)N(C(=O)C1CCCCC1)[C@@H](NC(=O)[C@@H](N)CC(N)=O)[C@@H](O)CCc1ccccc1. The molecule has 0 aromatic heterocycles. The Morgan fingerprint density at radius 2 is 1.73 bits per heavy atom. The number of aliphatic hydroxyl groups excluding tert-OH is 1. The monoisotopic (exact) mass is 460 g/mol. The molecule has 3 amide bonds. The Balaban J connectivity index is 2.30. The number of nitrogens with one attached hydrogen (secondary N) is 1. The molecule has 0 aliphatic heterocycles. The number of carbonyl (C=O) groups is 3. The summed E-state index contributed by atoms with van der Waals surface area (Å²) in [5.41, 5.74) is 11.4. The van der Waals surface area contributed by atoms with Gasteiger partial charge in [-0.3, -0.25) is 14.4 Å². The van der Waals surface area contributed by atoms with E-state index in [1.165, 1.54) is 0 Å². The minimum Gasteiger partial charge on any atom is -0.389 e. The van der Waals surface area contributed by atoms with E-state index in [2.05, 4.69) is 5.32 Å². The fraction of sp³-hybridized carbons (Fsp3) is 0.640. The predicted molar refractivity (Wildman–Crippen MR) is 128 cm³/mol. The summed E-state index contributed by atoms with van der Waals surface area (Å²) in [4.78, 5) is 39.3. The molecule has 0 spiro atoms. The summed E-state index contributed by atoms with van der Waals surface area (Å²) in [5, 5.41) is 14.0. The molecule has 8 nitrogen and oxygen atoms in total. The van der Waals surface area contributed by atoms with Crippen molar-refractivity contribution in [3.8, 4) is 0 Å². The van der Waals surface area contributed by atoms with Gasteiger partial charge in [0.15, 0.2) is 0 Å². The largest absolute Gasteiger partial charge is 0.389 e. The molecule has 3 atom stereocenters. The lowest BCUT2D eigenvalue weighted by Crippen LogP contribution is -2.65. The van der Waals surface area contributed by atoms with Crippen molar-refractivity contribution in [1.29, 1.82) is 0 Å². The van der Waals surface area contributed by atoms with Gasteiger partial charge in [-0.25, -0.2) is 0 Å². The van der Waals surface area contributed by atoms with E-state index in [-0.39, 0.29) is 18.2 Å². The molecule has 0 saturated heterocycles. The first-order chi connectivity index (χ1) is 15.5. The summed E-state index contributed by atoms with van der Waals surface area (Å²) in [6.07, 6.45) is 3.29. The van der Waals surface area contributed by atoms with Crippen LogP contribution in [0, 0.1) is 5.92 Å². The van der Waals surface area contributed by atoms with Crippen LogP contribution < -0.4 is 16.8 Å². The number of benzene rings is 1. The van der Waals surface area contributed by atoms with Gasteiger partial charge >= 0.3 is 0 Å². The van der Waals surface area contributed by atoms with E-state index in [1.54, 1.807) is 4.90 Å². The number of primary amides is 1. The third kappa shape index (κ3) is 8.12. The molecule has 1 fully saturated rings. The molecular weight excluding hydrogens is 420 g/mol. The average molecular weight is 461 g/mol. The molecule has 1 saturated carbocycles. The Labute approximate surface area is 197 Å². The number of nitrogens with two attached hydrogens (primary N) is 2. The zero-order valence-corrected chi connectivity index (χ0v) is 20.1. The van der Waals surface area contributed by atoms with E-state index in [0.29, 0.717) is 12.8 Å². The normalized spacial score (nSPS) is 17.6. The average Bonchev–Trinajstić information content (AvgIpc) is 2.76. The van der Waals surface area contributed by atoms with Crippen molar-refractivity contribution in [2.75, 3.05) is 0 Å². The summed E-state index contributed by atoms with van der Waals surface area (Å²) in [6.45, 7) is 5.67. The Hall–Kier alpha value is -2.45. The second-order valence-electron chi connectivity index (χ2n) is 10.0. The molecule has 0 bridgehead atoms.